The monoisotopic (exact) mass is 313 g/mol. The summed E-state index contributed by atoms with van der Waals surface area (Å²) in [6, 6.07) is 9.91. The Kier molecular flexibility index (Phi) is 2.91. The first-order valence-corrected chi connectivity index (χ1v) is 8.12. The van der Waals surface area contributed by atoms with E-state index in [2.05, 4.69) is 19.6 Å². The number of nitrogens with zero attached hydrogens (tertiary/aromatic N) is 5. The van der Waals surface area contributed by atoms with Crippen molar-refractivity contribution in [1.29, 1.82) is 0 Å². The number of aromatic nitrogens is 5. The van der Waals surface area contributed by atoms with Crippen molar-refractivity contribution in [3.63, 3.8) is 0 Å². The molecule has 0 N–H and O–H groups in total. The Hall–Kier alpha value is -3.08. The first kappa shape index (κ1) is 13.4. The molecule has 24 heavy (non-hydrogen) atoms. The highest BCUT2D eigenvalue weighted by atomic mass is 15.3. The summed E-state index contributed by atoms with van der Waals surface area (Å²) in [5.41, 5.74) is 6.20. The van der Waals surface area contributed by atoms with Crippen LogP contribution in [0.25, 0.3) is 33.4 Å². The molecule has 0 fully saturated rings. The summed E-state index contributed by atoms with van der Waals surface area (Å²) in [5.74, 6) is 0. The van der Waals surface area contributed by atoms with E-state index in [9.17, 15) is 0 Å². The molecule has 5 heteroatoms. The summed E-state index contributed by atoms with van der Waals surface area (Å²) in [4.78, 5) is 13.5. The molecule has 0 aromatic carbocycles. The van der Waals surface area contributed by atoms with E-state index >= 15 is 0 Å². The first-order chi connectivity index (χ1) is 11.9. The Balaban J connectivity index is 1.84. The number of rotatable bonds is 2. The van der Waals surface area contributed by atoms with Crippen molar-refractivity contribution >= 4 is 10.9 Å². The first-order valence-electron chi connectivity index (χ1n) is 8.12. The van der Waals surface area contributed by atoms with Crippen LogP contribution < -0.4 is 0 Å². The summed E-state index contributed by atoms with van der Waals surface area (Å²) in [6.45, 7) is 0.959. The van der Waals surface area contributed by atoms with Crippen molar-refractivity contribution in [2.75, 3.05) is 0 Å². The lowest BCUT2D eigenvalue weighted by Gasteiger charge is -2.07. The molecular formula is C19H15N5. The van der Waals surface area contributed by atoms with E-state index < -0.39 is 0 Å². The predicted octanol–water partition coefficient (Wildman–Crippen LogP) is 3.50. The minimum atomic E-state index is 0.891. The molecule has 0 spiro atoms. The van der Waals surface area contributed by atoms with Gasteiger partial charge in [0.1, 0.15) is 5.69 Å². The standard InChI is InChI=1S/C19H15N5/c1-2-8-21-15(6-1)19-17(16-7-4-10-24(16)23-19)14-12-20-11-13-5-3-9-22-18(13)14/h1-3,5-6,8-9,11-12H,4,7,10H2. The third-order valence-corrected chi connectivity index (χ3v) is 4.53. The van der Waals surface area contributed by atoms with Crippen LogP contribution in [0.3, 0.4) is 0 Å². The molecule has 0 bridgehead atoms. The van der Waals surface area contributed by atoms with Gasteiger partial charge in [-0.3, -0.25) is 19.6 Å². The van der Waals surface area contributed by atoms with Gasteiger partial charge in [0.25, 0.3) is 0 Å². The summed E-state index contributed by atoms with van der Waals surface area (Å²) in [5, 5.41) is 5.88. The van der Waals surface area contributed by atoms with E-state index in [1.807, 2.05) is 55.1 Å². The Labute approximate surface area is 139 Å². The minimum Gasteiger partial charge on any atom is -0.268 e. The van der Waals surface area contributed by atoms with Crippen molar-refractivity contribution in [3.8, 4) is 22.5 Å². The fourth-order valence-corrected chi connectivity index (χ4v) is 3.48. The molecule has 5 nitrogen and oxygen atoms in total. The molecule has 4 aromatic rings. The zero-order valence-electron chi connectivity index (χ0n) is 13.1. The van der Waals surface area contributed by atoms with Gasteiger partial charge in [-0.25, -0.2) is 0 Å². The highest BCUT2D eigenvalue weighted by Gasteiger charge is 2.25. The third kappa shape index (κ3) is 1.94. The van der Waals surface area contributed by atoms with Crippen LogP contribution in [-0.2, 0) is 13.0 Å². The average molecular weight is 313 g/mol. The lowest BCUT2D eigenvalue weighted by atomic mass is 9.99. The second-order valence-electron chi connectivity index (χ2n) is 5.97. The van der Waals surface area contributed by atoms with Crippen LogP contribution >= 0.6 is 0 Å². The van der Waals surface area contributed by atoms with Crippen LogP contribution in [0.5, 0.6) is 0 Å². The quantitative estimate of drug-likeness (QED) is 0.568. The summed E-state index contributed by atoms with van der Waals surface area (Å²) < 4.78 is 2.11. The Morgan fingerprint density at radius 1 is 0.958 bits per heavy atom. The summed E-state index contributed by atoms with van der Waals surface area (Å²) in [6.07, 6.45) is 9.55. The number of pyridine rings is 3. The fourth-order valence-electron chi connectivity index (χ4n) is 3.48. The molecule has 4 aromatic heterocycles. The molecule has 0 atom stereocenters. The highest BCUT2D eigenvalue weighted by molar-refractivity contribution is 5.97. The molecule has 0 radical (unpaired) electrons. The van der Waals surface area contributed by atoms with Gasteiger partial charge in [-0.05, 0) is 37.1 Å². The second-order valence-corrected chi connectivity index (χ2v) is 5.97. The zero-order chi connectivity index (χ0) is 15.9. The molecule has 0 saturated heterocycles. The molecule has 1 aliphatic rings. The third-order valence-electron chi connectivity index (χ3n) is 4.53. The van der Waals surface area contributed by atoms with Crippen LogP contribution in [0.4, 0.5) is 0 Å². The Morgan fingerprint density at radius 3 is 2.83 bits per heavy atom. The molecule has 0 aliphatic carbocycles. The maximum Gasteiger partial charge on any atom is 0.119 e. The van der Waals surface area contributed by atoms with Crippen LogP contribution in [0, 0.1) is 0 Å². The van der Waals surface area contributed by atoms with E-state index in [4.69, 9.17) is 5.10 Å². The average Bonchev–Trinajstić information content (AvgIpc) is 3.23. The lowest BCUT2D eigenvalue weighted by Crippen LogP contribution is -1.94. The molecule has 0 saturated carbocycles. The van der Waals surface area contributed by atoms with Gasteiger partial charge < -0.3 is 0 Å². The van der Waals surface area contributed by atoms with E-state index in [-0.39, 0.29) is 0 Å². The van der Waals surface area contributed by atoms with Gasteiger partial charge in [0.15, 0.2) is 0 Å². The zero-order valence-corrected chi connectivity index (χ0v) is 13.1. The summed E-state index contributed by atoms with van der Waals surface area (Å²) >= 11 is 0. The fraction of sp³-hybridized carbons (Fsp3) is 0.158. The summed E-state index contributed by atoms with van der Waals surface area (Å²) in [7, 11) is 0. The number of hydrogen-bond acceptors (Lipinski definition) is 4. The molecular weight excluding hydrogens is 298 g/mol. The number of fused-ring (bicyclic) bond motifs is 2. The smallest absolute Gasteiger partial charge is 0.119 e. The number of aryl methyl sites for hydroxylation is 1. The molecule has 5 heterocycles. The molecule has 1 aliphatic heterocycles. The largest absolute Gasteiger partial charge is 0.268 e. The van der Waals surface area contributed by atoms with E-state index in [1.165, 1.54) is 5.69 Å². The van der Waals surface area contributed by atoms with Crippen LogP contribution in [0.1, 0.15) is 12.1 Å². The predicted molar refractivity (Wildman–Crippen MR) is 92.3 cm³/mol. The molecule has 5 rings (SSSR count). The second kappa shape index (κ2) is 5.23. The van der Waals surface area contributed by atoms with E-state index in [0.717, 1.165) is 52.8 Å². The topological polar surface area (TPSA) is 56.5 Å². The number of hydrogen-bond donors (Lipinski definition) is 0. The van der Waals surface area contributed by atoms with Crippen molar-refractivity contribution in [2.45, 2.75) is 19.4 Å². The lowest BCUT2D eigenvalue weighted by molar-refractivity contribution is 0.658. The van der Waals surface area contributed by atoms with Crippen molar-refractivity contribution < 1.29 is 0 Å². The van der Waals surface area contributed by atoms with Gasteiger partial charge >= 0.3 is 0 Å². The van der Waals surface area contributed by atoms with E-state index in [0.29, 0.717) is 0 Å². The van der Waals surface area contributed by atoms with Gasteiger partial charge in [0, 0.05) is 53.5 Å². The van der Waals surface area contributed by atoms with Gasteiger partial charge in [-0.1, -0.05) is 6.07 Å². The van der Waals surface area contributed by atoms with Crippen molar-refractivity contribution in [2.24, 2.45) is 0 Å². The van der Waals surface area contributed by atoms with E-state index in [1.54, 1.807) is 0 Å². The van der Waals surface area contributed by atoms with Crippen molar-refractivity contribution in [1.82, 2.24) is 24.7 Å². The Morgan fingerprint density at radius 2 is 1.92 bits per heavy atom. The van der Waals surface area contributed by atoms with Crippen LogP contribution in [0.15, 0.2) is 55.1 Å². The SMILES string of the molecule is c1ccc(-c2nn3c(c2-c2cncc4cccnc24)CCC3)nc1. The van der Waals surface area contributed by atoms with Gasteiger partial charge in [0.2, 0.25) is 0 Å². The maximum atomic E-state index is 4.84. The molecule has 0 unspecified atom stereocenters. The van der Waals surface area contributed by atoms with Crippen LogP contribution in [0.2, 0.25) is 0 Å². The van der Waals surface area contributed by atoms with Gasteiger partial charge in [-0.2, -0.15) is 5.10 Å². The van der Waals surface area contributed by atoms with Gasteiger partial charge in [-0.15, -0.1) is 0 Å². The maximum absolute atomic E-state index is 4.84. The minimum absolute atomic E-state index is 0.891. The molecule has 116 valence electrons. The Bertz CT molecular complexity index is 1030. The molecule has 0 amide bonds. The van der Waals surface area contributed by atoms with Crippen molar-refractivity contribution in [3.05, 3.63) is 60.8 Å². The van der Waals surface area contributed by atoms with Gasteiger partial charge in [0.05, 0.1) is 11.2 Å². The highest BCUT2D eigenvalue weighted by Crippen LogP contribution is 2.38. The van der Waals surface area contributed by atoms with Crippen LogP contribution in [-0.4, -0.2) is 24.7 Å². The normalized spacial score (nSPS) is 13.3.